The largest absolute Gasteiger partial charge is 0.494 e. The van der Waals surface area contributed by atoms with E-state index in [9.17, 15) is 14.4 Å². The van der Waals surface area contributed by atoms with E-state index in [2.05, 4.69) is 4.98 Å². The van der Waals surface area contributed by atoms with Crippen molar-refractivity contribution in [3.8, 4) is 5.75 Å². The number of carbonyl (C=O) groups is 3. The second-order valence-electron chi connectivity index (χ2n) is 6.59. The first-order valence-electron chi connectivity index (χ1n) is 8.54. The minimum absolute atomic E-state index is 0.0474. The summed E-state index contributed by atoms with van der Waals surface area (Å²) in [6, 6.07) is 6.34. The van der Waals surface area contributed by atoms with Gasteiger partial charge in [0.05, 0.1) is 13.5 Å². The molecule has 27 heavy (non-hydrogen) atoms. The predicted octanol–water partition coefficient (Wildman–Crippen LogP) is 1.48. The standard InChI is InChI=1S/C19H22N4O4/c1-21(16(24)10-14-18(25)23(3)19(26)22(14)2)11-12-7-8-15(27-4)17-13(12)6-5-9-20-17/h5-9,14H,10-11H2,1-4H3/t14-/m1/s1. The Labute approximate surface area is 157 Å². The molecule has 0 N–H and O–H groups in total. The molecule has 0 spiro atoms. The highest BCUT2D eigenvalue weighted by atomic mass is 16.5. The molecule has 3 rings (SSSR count). The van der Waals surface area contributed by atoms with Crippen molar-refractivity contribution < 1.29 is 19.1 Å². The number of benzene rings is 1. The number of urea groups is 1. The van der Waals surface area contributed by atoms with Gasteiger partial charge in [-0.1, -0.05) is 12.1 Å². The summed E-state index contributed by atoms with van der Waals surface area (Å²) in [6.07, 6.45) is 1.65. The summed E-state index contributed by atoms with van der Waals surface area (Å²) in [5.41, 5.74) is 1.66. The molecule has 8 heteroatoms. The minimum Gasteiger partial charge on any atom is -0.494 e. The molecule has 8 nitrogen and oxygen atoms in total. The van der Waals surface area contributed by atoms with Crippen LogP contribution in [-0.4, -0.2) is 71.8 Å². The average Bonchev–Trinajstić information content (AvgIpc) is 2.86. The Morgan fingerprint density at radius 1 is 1.26 bits per heavy atom. The van der Waals surface area contributed by atoms with Crippen LogP contribution in [0.4, 0.5) is 4.79 Å². The van der Waals surface area contributed by atoms with Crippen LogP contribution in [0.15, 0.2) is 30.5 Å². The van der Waals surface area contributed by atoms with Crippen molar-refractivity contribution in [3.63, 3.8) is 0 Å². The maximum atomic E-state index is 12.6. The number of amides is 4. The van der Waals surface area contributed by atoms with E-state index in [4.69, 9.17) is 4.74 Å². The van der Waals surface area contributed by atoms with Gasteiger partial charge in [0.1, 0.15) is 17.3 Å². The van der Waals surface area contributed by atoms with E-state index in [1.807, 2.05) is 24.3 Å². The number of methoxy groups -OCH3 is 1. The molecule has 1 aromatic heterocycles. The molecule has 2 heterocycles. The van der Waals surface area contributed by atoms with Gasteiger partial charge in [-0.25, -0.2) is 4.79 Å². The highest BCUT2D eigenvalue weighted by Crippen LogP contribution is 2.27. The number of hydrogen-bond acceptors (Lipinski definition) is 5. The number of imide groups is 1. The molecule has 2 aromatic rings. The second kappa shape index (κ2) is 7.22. The highest BCUT2D eigenvalue weighted by Gasteiger charge is 2.42. The van der Waals surface area contributed by atoms with Crippen LogP contribution >= 0.6 is 0 Å². The van der Waals surface area contributed by atoms with Gasteiger partial charge in [0.15, 0.2) is 0 Å². The van der Waals surface area contributed by atoms with E-state index < -0.39 is 12.1 Å². The first kappa shape index (κ1) is 18.6. The fraction of sp³-hybridized carbons (Fsp3) is 0.368. The predicted molar refractivity (Wildman–Crippen MR) is 99.1 cm³/mol. The first-order chi connectivity index (χ1) is 12.8. The first-order valence-corrected chi connectivity index (χ1v) is 8.54. The van der Waals surface area contributed by atoms with Crippen LogP contribution in [0.1, 0.15) is 12.0 Å². The SMILES string of the molecule is COc1ccc(CN(C)C(=O)C[C@@H]2C(=O)N(C)C(=O)N2C)c2cccnc12. The third-order valence-corrected chi connectivity index (χ3v) is 4.92. The van der Waals surface area contributed by atoms with E-state index in [1.54, 1.807) is 25.3 Å². The lowest BCUT2D eigenvalue weighted by Gasteiger charge is -2.22. The highest BCUT2D eigenvalue weighted by molar-refractivity contribution is 6.05. The summed E-state index contributed by atoms with van der Waals surface area (Å²) in [7, 11) is 6.22. The number of aromatic nitrogens is 1. The van der Waals surface area contributed by atoms with Crippen molar-refractivity contribution in [2.24, 2.45) is 0 Å². The van der Waals surface area contributed by atoms with E-state index in [-0.39, 0.29) is 18.2 Å². The van der Waals surface area contributed by atoms with Crippen LogP contribution in [-0.2, 0) is 16.1 Å². The smallest absolute Gasteiger partial charge is 0.326 e. The van der Waals surface area contributed by atoms with E-state index in [1.165, 1.54) is 19.0 Å². The monoisotopic (exact) mass is 370 g/mol. The van der Waals surface area contributed by atoms with Gasteiger partial charge < -0.3 is 14.5 Å². The summed E-state index contributed by atoms with van der Waals surface area (Å²) in [4.78, 5) is 44.9. The Hall–Kier alpha value is -3.16. The summed E-state index contributed by atoms with van der Waals surface area (Å²) in [5.74, 6) is 0.0996. The average molecular weight is 370 g/mol. The van der Waals surface area contributed by atoms with E-state index in [0.29, 0.717) is 12.3 Å². The van der Waals surface area contributed by atoms with Crippen LogP contribution in [0.2, 0.25) is 0 Å². The Morgan fingerprint density at radius 2 is 2.00 bits per heavy atom. The van der Waals surface area contributed by atoms with Gasteiger partial charge in [-0.3, -0.25) is 19.5 Å². The molecule has 1 fully saturated rings. The fourth-order valence-electron chi connectivity index (χ4n) is 3.25. The zero-order chi connectivity index (χ0) is 19.7. The molecular formula is C19H22N4O4. The van der Waals surface area contributed by atoms with Gasteiger partial charge in [0.25, 0.3) is 5.91 Å². The summed E-state index contributed by atoms with van der Waals surface area (Å²) < 4.78 is 5.34. The lowest BCUT2D eigenvalue weighted by atomic mass is 10.1. The molecule has 142 valence electrons. The van der Waals surface area contributed by atoms with Gasteiger partial charge in [-0.15, -0.1) is 0 Å². The third-order valence-electron chi connectivity index (χ3n) is 4.92. The topological polar surface area (TPSA) is 83.0 Å². The normalized spacial score (nSPS) is 17.0. The zero-order valence-electron chi connectivity index (χ0n) is 15.8. The molecule has 1 atom stereocenters. The van der Waals surface area contributed by atoms with Crippen molar-refractivity contribution in [3.05, 3.63) is 36.0 Å². The molecule has 0 bridgehead atoms. The number of hydrogen-bond donors (Lipinski definition) is 0. The Morgan fingerprint density at radius 3 is 2.63 bits per heavy atom. The maximum Gasteiger partial charge on any atom is 0.326 e. The summed E-state index contributed by atoms with van der Waals surface area (Å²) >= 11 is 0. The van der Waals surface area contributed by atoms with Crippen molar-refractivity contribution in [2.45, 2.75) is 19.0 Å². The van der Waals surface area contributed by atoms with Crippen molar-refractivity contribution in [1.29, 1.82) is 0 Å². The maximum absolute atomic E-state index is 12.6. The van der Waals surface area contributed by atoms with Crippen LogP contribution in [0.3, 0.4) is 0 Å². The summed E-state index contributed by atoms with van der Waals surface area (Å²) in [5, 5.41) is 0.903. The van der Waals surface area contributed by atoms with E-state index in [0.717, 1.165) is 21.4 Å². The lowest BCUT2D eigenvalue weighted by molar-refractivity contribution is -0.135. The van der Waals surface area contributed by atoms with Crippen molar-refractivity contribution in [1.82, 2.24) is 19.7 Å². The molecule has 0 saturated carbocycles. The molecule has 1 aliphatic rings. The number of pyridine rings is 1. The number of likely N-dealkylation sites (N-methyl/N-ethyl adjacent to an activating group) is 2. The Balaban J connectivity index is 1.77. The fourth-order valence-corrected chi connectivity index (χ4v) is 3.25. The minimum atomic E-state index is -0.758. The second-order valence-corrected chi connectivity index (χ2v) is 6.59. The number of nitrogens with zero attached hydrogens (tertiary/aromatic N) is 4. The van der Waals surface area contributed by atoms with Gasteiger partial charge >= 0.3 is 6.03 Å². The van der Waals surface area contributed by atoms with E-state index >= 15 is 0 Å². The van der Waals surface area contributed by atoms with Crippen LogP contribution in [0.25, 0.3) is 10.9 Å². The van der Waals surface area contributed by atoms with Crippen molar-refractivity contribution >= 4 is 28.7 Å². The molecule has 4 amide bonds. The summed E-state index contributed by atoms with van der Waals surface area (Å²) in [6.45, 7) is 0.361. The van der Waals surface area contributed by atoms with Crippen LogP contribution in [0.5, 0.6) is 5.75 Å². The number of fused-ring (bicyclic) bond motifs is 1. The van der Waals surface area contributed by atoms with Crippen LogP contribution < -0.4 is 4.74 Å². The van der Waals surface area contributed by atoms with Crippen molar-refractivity contribution in [2.75, 3.05) is 28.3 Å². The molecule has 1 aromatic carbocycles. The number of carbonyl (C=O) groups excluding carboxylic acids is 3. The third kappa shape index (κ3) is 3.30. The van der Waals surface area contributed by atoms with Gasteiger partial charge in [-0.2, -0.15) is 0 Å². The Bertz CT molecular complexity index is 914. The molecule has 0 unspecified atom stereocenters. The number of rotatable bonds is 5. The molecule has 1 saturated heterocycles. The quantitative estimate of drug-likeness (QED) is 0.745. The molecular weight excluding hydrogens is 348 g/mol. The Kier molecular flexibility index (Phi) is 4.98. The molecule has 0 aliphatic carbocycles. The van der Waals surface area contributed by atoms with Crippen LogP contribution in [0, 0.1) is 0 Å². The lowest BCUT2D eigenvalue weighted by Crippen LogP contribution is -2.38. The van der Waals surface area contributed by atoms with Gasteiger partial charge in [0.2, 0.25) is 5.91 Å². The van der Waals surface area contributed by atoms with Gasteiger partial charge in [0, 0.05) is 39.3 Å². The zero-order valence-corrected chi connectivity index (χ0v) is 15.8. The van der Waals surface area contributed by atoms with Gasteiger partial charge in [-0.05, 0) is 17.7 Å². The molecule has 1 aliphatic heterocycles. The number of ether oxygens (including phenoxy) is 1. The molecule has 0 radical (unpaired) electrons.